The van der Waals surface area contributed by atoms with E-state index >= 15 is 0 Å². The van der Waals surface area contributed by atoms with Gasteiger partial charge in [0.1, 0.15) is 5.56 Å². The molecule has 0 aliphatic carbocycles. The third-order valence-corrected chi connectivity index (χ3v) is 4.00. The number of nitrogens with zero attached hydrogens (tertiary/aromatic N) is 2. The number of thiazole rings is 1. The van der Waals surface area contributed by atoms with Crippen LogP contribution in [-0.4, -0.2) is 15.3 Å². The molecule has 8 heteroatoms. The fourth-order valence-corrected chi connectivity index (χ4v) is 2.78. The maximum atomic E-state index is 13.1. The molecule has 5 nitrogen and oxygen atoms in total. The molecule has 0 bridgehead atoms. The number of rotatable bonds is 2. The Hall–Kier alpha value is -2.61. The second-order valence-electron chi connectivity index (χ2n) is 4.56. The van der Waals surface area contributed by atoms with Crippen LogP contribution in [0.3, 0.4) is 0 Å². The number of hydrogen-bond acceptors (Lipinski definition) is 4. The summed E-state index contributed by atoms with van der Waals surface area (Å²) in [7, 11) is 0. The number of nitrogens with one attached hydrogen (secondary N) is 1. The number of aryl methyl sites for hydroxylation is 1. The lowest BCUT2D eigenvalue weighted by Crippen LogP contribution is -2.26. The Labute approximate surface area is 126 Å². The predicted octanol–water partition coefficient (Wildman–Crippen LogP) is 2.59. The second kappa shape index (κ2) is 5.30. The number of amides is 1. The lowest BCUT2D eigenvalue weighted by molar-refractivity contribution is 0.102. The number of carbonyl (C=O) groups excluding carboxylic acids is 1. The van der Waals surface area contributed by atoms with Gasteiger partial charge >= 0.3 is 0 Å². The highest BCUT2D eigenvalue weighted by molar-refractivity contribution is 7.15. The quantitative estimate of drug-likeness (QED) is 0.789. The molecule has 0 unspecified atom stereocenters. The molecule has 1 amide bonds. The van der Waals surface area contributed by atoms with E-state index in [0.717, 1.165) is 12.1 Å². The molecule has 0 aliphatic rings. The molecule has 0 atom stereocenters. The van der Waals surface area contributed by atoms with Crippen molar-refractivity contribution in [2.75, 3.05) is 5.32 Å². The van der Waals surface area contributed by atoms with Gasteiger partial charge in [0.15, 0.2) is 16.6 Å². The SMILES string of the molecule is Cc1csc2ncc(C(=O)Nc3ccc(F)c(F)c3)c(=O)n12. The number of carbonyl (C=O) groups is 1. The van der Waals surface area contributed by atoms with Crippen LogP contribution in [0.15, 0.2) is 34.6 Å². The average molecular weight is 321 g/mol. The molecule has 3 aromatic rings. The van der Waals surface area contributed by atoms with Gasteiger partial charge in [0.25, 0.3) is 11.5 Å². The van der Waals surface area contributed by atoms with Crippen molar-refractivity contribution in [2.45, 2.75) is 6.92 Å². The van der Waals surface area contributed by atoms with Crippen molar-refractivity contribution in [3.63, 3.8) is 0 Å². The van der Waals surface area contributed by atoms with Gasteiger partial charge in [-0.05, 0) is 19.1 Å². The number of hydrogen-bond donors (Lipinski definition) is 1. The van der Waals surface area contributed by atoms with Crippen molar-refractivity contribution >= 4 is 27.9 Å². The highest BCUT2D eigenvalue weighted by atomic mass is 32.1. The summed E-state index contributed by atoms with van der Waals surface area (Å²) in [6.07, 6.45) is 1.17. The molecule has 2 aromatic heterocycles. The van der Waals surface area contributed by atoms with Gasteiger partial charge in [-0.1, -0.05) is 0 Å². The zero-order valence-corrected chi connectivity index (χ0v) is 12.1. The summed E-state index contributed by atoms with van der Waals surface area (Å²) in [4.78, 5) is 29.0. The van der Waals surface area contributed by atoms with Crippen LogP contribution >= 0.6 is 11.3 Å². The summed E-state index contributed by atoms with van der Waals surface area (Å²) >= 11 is 1.28. The fourth-order valence-electron chi connectivity index (χ4n) is 1.95. The lowest BCUT2D eigenvalue weighted by Gasteiger charge is -2.05. The average Bonchev–Trinajstić information content (AvgIpc) is 2.85. The van der Waals surface area contributed by atoms with Crippen LogP contribution in [0.1, 0.15) is 16.1 Å². The van der Waals surface area contributed by atoms with Crippen molar-refractivity contribution in [2.24, 2.45) is 0 Å². The van der Waals surface area contributed by atoms with Crippen molar-refractivity contribution in [1.29, 1.82) is 0 Å². The van der Waals surface area contributed by atoms with E-state index in [2.05, 4.69) is 10.3 Å². The van der Waals surface area contributed by atoms with Gasteiger partial charge in [-0.3, -0.25) is 14.0 Å². The van der Waals surface area contributed by atoms with E-state index in [1.54, 1.807) is 12.3 Å². The van der Waals surface area contributed by atoms with E-state index in [9.17, 15) is 18.4 Å². The molecule has 1 aromatic carbocycles. The Bertz CT molecular complexity index is 949. The Balaban J connectivity index is 1.98. The fraction of sp³-hybridized carbons (Fsp3) is 0.0714. The molecule has 0 radical (unpaired) electrons. The summed E-state index contributed by atoms with van der Waals surface area (Å²) in [5.41, 5.74) is 0.0305. The Morgan fingerprint density at radius 3 is 2.82 bits per heavy atom. The number of benzene rings is 1. The summed E-state index contributed by atoms with van der Waals surface area (Å²) in [5, 5.41) is 4.10. The summed E-state index contributed by atoms with van der Waals surface area (Å²) in [6.45, 7) is 1.73. The molecular formula is C14H9F2N3O2S. The molecule has 112 valence electrons. The number of fused-ring (bicyclic) bond motifs is 1. The largest absolute Gasteiger partial charge is 0.322 e. The molecular weight excluding hydrogens is 312 g/mol. The first-order chi connectivity index (χ1) is 10.5. The van der Waals surface area contributed by atoms with E-state index in [1.165, 1.54) is 28.0 Å². The van der Waals surface area contributed by atoms with Crippen molar-refractivity contribution in [3.8, 4) is 0 Å². The molecule has 0 fully saturated rings. The van der Waals surface area contributed by atoms with E-state index in [4.69, 9.17) is 0 Å². The van der Waals surface area contributed by atoms with E-state index in [1.807, 2.05) is 0 Å². The van der Waals surface area contributed by atoms with E-state index < -0.39 is 23.1 Å². The lowest BCUT2D eigenvalue weighted by atomic mass is 10.2. The first kappa shape index (κ1) is 14.3. The van der Waals surface area contributed by atoms with Gasteiger partial charge in [0.05, 0.1) is 0 Å². The van der Waals surface area contributed by atoms with Crippen molar-refractivity contribution in [1.82, 2.24) is 9.38 Å². The van der Waals surface area contributed by atoms with Crippen molar-refractivity contribution < 1.29 is 13.6 Å². The minimum atomic E-state index is -1.09. The number of halogens is 2. The zero-order chi connectivity index (χ0) is 15.9. The maximum Gasteiger partial charge on any atom is 0.271 e. The van der Waals surface area contributed by atoms with Crippen LogP contribution in [0.4, 0.5) is 14.5 Å². The molecule has 1 N–H and O–H groups in total. The van der Waals surface area contributed by atoms with Crippen molar-refractivity contribution in [3.05, 3.63) is 63.0 Å². The molecule has 0 saturated heterocycles. The minimum absolute atomic E-state index is 0.0513. The minimum Gasteiger partial charge on any atom is -0.322 e. The van der Waals surface area contributed by atoms with Crippen LogP contribution in [0.25, 0.3) is 4.96 Å². The molecule has 0 aliphatic heterocycles. The van der Waals surface area contributed by atoms with E-state index in [-0.39, 0.29) is 11.3 Å². The number of aromatic nitrogens is 2. The predicted molar refractivity (Wildman–Crippen MR) is 78.4 cm³/mol. The third-order valence-electron chi connectivity index (χ3n) is 3.04. The zero-order valence-electron chi connectivity index (χ0n) is 11.3. The molecule has 22 heavy (non-hydrogen) atoms. The maximum absolute atomic E-state index is 13.1. The molecule has 3 rings (SSSR count). The summed E-state index contributed by atoms with van der Waals surface area (Å²) < 4.78 is 27.3. The summed E-state index contributed by atoms with van der Waals surface area (Å²) in [5.74, 6) is -2.84. The van der Waals surface area contributed by atoms with Crippen LogP contribution in [0.5, 0.6) is 0 Å². The Morgan fingerprint density at radius 1 is 1.32 bits per heavy atom. The molecule has 2 heterocycles. The molecule has 0 spiro atoms. The number of anilines is 1. The van der Waals surface area contributed by atoms with Crippen LogP contribution in [0.2, 0.25) is 0 Å². The normalized spacial score (nSPS) is 10.9. The van der Waals surface area contributed by atoms with Gasteiger partial charge in [0, 0.05) is 29.0 Å². The van der Waals surface area contributed by atoms with Gasteiger partial charge in [-0.25, -0.2) is 13.8 Å². The third kappa shape index (κ3) is 2.37. The summed E-state index contributed by atoms with van der Waals surface area (Å²) in [6, 6.07) is 2.94. The smallest absolute Gasteiger partial charge is 0.271 e. The second-order valence-corrected chi connectivity index (χ2v) is 5.39. The molecule has 0 saturated carbocycles. The monoisotopic (exact) mass is 321 g/mol. The van der Waals surface area contributed by atoms with Gasteiger partial charge < -0.3 is 5.32 Å². The highest BCUT2D eigenvalue weighted by Crippen LogP contribution is 2.15. The van der Waals surface area contributed by atoms with Gasteiger partial charge in [-0.15, -0.1) is 11.3 Å². The first-order valence-corrected chi connectivity index (χ1v) is 7.07. The van der Waals surface area contributed by atoms with E-state index in [0.29, 0.717) is 10.7 Å². The van der Waals surface area contributed by atoms with Crippen LogP contribution in [-0.2, 0) is 0 Å². The topological polar surface area (TPSA) is 63.5 Å². The Morgan fingerprint density at radius 2 is 2.09 bits per heavy atom. The Kier molecular flexibility index (Phi) is 3.45. The van der Waals surface area contributed by atoms with Crippen LogP contribution in [0, 0.1) is 18.6 Å². The highest BCUT2D eigenvalue weighted by Gasteiger charge is 2.16. The van der Waals surface area contributed by atoms with Gasteiger partial charge in [0.2, 0.25) is 0 Å². The standard InChI is InChI=1S/C14H9F2N3O2S/c1-7-6-22-14-17-5-9(13(21)19(7)14)12(20)18-8-2-3-10(15)11(16)4-8/h2-6H,1H3,(H,18,20). The van der Waals surface area contributed by atoms with Gasteiger partial charge in [-0.2, -0.15) is 0 Å². The van der Waals surface area contributed by atoms with Crippen LogP contribution < -0.4 is 10.9 Å². The first-order valence-electron chi connectivity index (χ1n) is 6.19.